The average Bonchev–Trinajstić information content (AvgIpc) is 3.15. The number of carbonyl (C=O) groups is 3. The van der Waals surface area contributed by atoms with Gasteiger partial charge in [0.15, 0.2) is 5.78 Å². The summed E-state index contributed by atoms with van der Waals surface area (Å²) in [5.74, 6) is -0.164. The van der Waals surface area contributed by atoms with E-state index in [9.17, 15) is 14.4 Å². The summed E-state index contributed by atoms with van der Waals surface area (Å²) in [6.45, 7) is 4.72. The number of nitrogens with two attached hydrogens (primary N) is 4. The Morgan fingerprint density at radius 3 is 2.18 bits per heavy atom. The van der Waals surface area contributed by atoms with Crippen molar-refractivity contribution in [1.29, 1.82) is 0 Å². The van der Waals surface area contributed by atoms with E-state index in [4.69, 9.17) is 32.1 Å². The highest BCUT2D eigenvalue weighted by Crippen LogP contribution is 2.33. The van der Waals surface area contributed by atoms with Crippen molar-refractivity contribution in [2.24, 2.45) is 5.73 Å². The molecule has 0 aliphatic heterocycles. The van der Waals surface area contributed by atoms with Crippen LogP contribution in [0.5, 0.6) is 5.75 Å². The Bertz CT molecular complexity index is 1140. The first kappa shape index (κ1) is 26.2. The zero-order valence-electron chi connectivity index (χ0n) is 19.6. The van der Waals surface area contributed by atoms with Gasteiger partial charge in [0, 0.05) is 29.9 Å². The number of primary amides is 1. The first-order valence-corrected chi connectivity index (χ1v) is 11.2. The molecule has 0 spiro atoms. The van der Waals surface area contributed by atoms with Gasteiger partial charge in [-0.25, -0.2) is 0 Å². The van der Waals surface area contributed by atoms with Gasteiger partial charge < -0.3 is 32.1 Å². The molecule has 0 aliphatic carbocycles. The fourth-order valence-electron chi connectivity index (χ4n) is 3.43. The Morgan fingerprint density at radius 1 is 1.00 bits per heavy atom. The molecule has 9 nitrogen and oxygen atoms in total. The molecular formula is C25H32N4O5. The summed E-state index contributed by atoms with van der Waals surface area (Å²) in [6, 6.07) is 7.56. The lowest BCUT2D eigenvalue weighted by atomic mass is 9.97. The van der Waals surface area contributed by atoms with Crippen LogP contribution in [0, 0.1) is 0 Å². The molecule has 3 rings (SSSR count). The highest BCUT2D eigenvalue weighted by Gasteiger charge is 2.23. The number of fused-ring (bicyclic) bond motifs is 1. The number of hydrogen-bond acceptors (Lipinski definition) is 8. The molecule has 34 heavy (non-hydrogen) atoms. The van der Waals surface area contributed by atoms with Crippen LogP contribution in [0.4, 0.5) is 17.1 Å². The fraction of sp³-hybridized carbons (Fsp3) is 0.320. The van der Waals surface area contributed by atoms with Gasteiger partial charge in [0.25, 0.3) is 6.47 Å². The van der Waals surface area contributed by atoms with Crippen LogP contribution < -0.4 is 27.7 Å². The second kappa shape index (κ2) is 12.3. The molecule has 1 amide bonds. The van der Waals surface area contributed by atoms with E-state index in [0.29, 0.717) is 41.6 Å². The highest BCUT2D eigenvalue weighted by molar-refractivity contribution is 6.18. The van der Waals surface area contributed by atoms with E-state index >= 15 is 0 Å². The molecule has 0 aliphatic rings. The van der Waals surface area contributed by atoms with Crippen LogP contribution in [0.1, 0.15) is 67.6 Å². The Labute approximate surface area is 198 Å². The van der Waals surface area contributed by atoms with Gasteiger partial charge in [-0.05, 0) is 30.7 Å². The molecule has 3 aromatic rings. The third-order valence-corrected chi connectivity index (χ3v) is 5.19. The summed E-state index contributed by atoms with van der Waals surface area (Å²) in [6.07, 6.45) is 4.93. The minimum absolute atomic E-state index is 0.145. The van der Waals surface area contributed by atoms with Gasteiger partial charge in [-0.1, -0.05) is 33.1 Å². The summed E-state index contributed by atoms with van der Waals surface area (Å²) < 4.78 is 10.7. The van der Waals surface area contributed by atoms with E-state index in [1.807, 2.05) is 0 Å². The predicted molar refractivity (Wildman–Crippen MR) is 133 cm³/mol. The number of amides is 1. The van der Waals surface area contributed by atoms with E-state index in [2.05, 4.69) is 13.8 Å². The number of benzene rings is 2. The van der Waals surface area contributed by atoms with Crippen LogP contribution in [-0.4, -0.2) is 18.2 Å². The normalized spacial score (nSPS) is 10.4. The molecular weight excluding hydrogens is 436 g/mol. The Kier molecular flexibility index (Phi) is 9.49. The second-order valence-electron chi connectivity index (χ2n) is 7.84. The number of rotatable bonds is 10. The Hall–Kier alpha value is -4.01. The number of aryl methyl sites for hydroxylation is 1. The number of ketones is 1. The number of anilines is 3. The largest absolute Gasteiger partial charge is 0.460 e. The molecule has 0 fully saturated rings. The lowest BCUT2D eigenvalue weighted by molar-refractivity contribution is -0.121. The van der Waals surface area contributed by atoms with E-state index in [-0.39, 0.29) is 40.6 Å². The second-order valence-corrected chi connectivity index (χ2v) is 7.84. The van der Waals surface area contributed by atoms with Crippen molar-refractivity contribution in [3.05, 3.63) is 47.2 Å². The van der Waals surface area contributed by atoms with Crippen LogP contribution in [0.25, 0.3) is 11.0 Å². The summed E-state index contributed by atoms with van der Waals surface area (Å²) in [5.41, 5.74) is 24.2. The number of unbranched alkanes of at least 4 members (excludes halogenated alkanes) is 2. The number of furan rings is 1. The van der Waals surface area contributed by atoms with E-state index in [1.54, 1.807) is 12.1 Å². The highest BCUT2D eigenvalue weighted by atomic mass is 16.5. The number of nitrogen functional groups attached to an aromatic ring is 3. The van der Waals surface area contributed by atoms with Crippen LogP contribution in [0.15, 0.2) is 34.7 Å². The quantitative estimate of drug-likeness (QED) is 0.196. The van der Waals surface area contributed by atoms with Crippen LogP contribution in [-0.2, 0) is 16.0 Å². The number of hydrogen-bond donors (Lipinski definition) is 4. The summed E-state index contributed by atoms with van der Waals surface area (Å²) in [4.78, 5) is 34.9. The van der Waals surface area contributed by atoms with Crippen molar-refractivity contribution in [3.63, 3.8) is 0 Å². The van der Waals surface area contributed by atoms with E-state index < -0.39 is 5.91 Å². The molecule has 1 heterocycles. The van der Waals surface area contributed by atoms with Crippen molar-refractivity contribution in [2.75, 3.05) is 17.2 Å². The minimum atomic E-state index is -0.449. The van der Waals surface area contributed by atoms with Crippen molar-refractivity contribution in [1.82, 2.24) is 0 Å². The molecule has 182 valence electrons. The lowest BCUT2D eigenvalue weighted by Gasteiger charge is -2.08. The molecule has 0 atom stereocenters. The van der Waals surface area contributed by atoms with E-state index in [1.165, 1.54) is 37.5 Å². The first-order valence-electron chi connectivity index (χ1n) is 11.2. The van der Waals surface area contributed by atoms with Gasteiger partial charge >= 0.3 is 0 Å². The standard InChI is InChI=1S/C20H20N4O5.C5H12/c21-13-6-10(7-14(22)19(13)24)20(27)18-12-5-4-11(28-9-25)8-16(12)29-15(18)2-1-3-17(23)26;1-3-5-4-2/h4-9H,1-3,21-22,24H2,(H2,23,26);3-5H2,1-2H3. The molecule has 0 bridgehead atoms. The summed E-state index contributed by atoms with van der Waals surface area (Å²) in [7, 11) is 0. The summed E-state index contributed by atoms with van der Waals surface area (Å²) >= 11 is 0. The zero-order valence-corrected chi connectivity index (χ0v) is 19.6. The van der Waals surface area contributed by atoms with Crippen molar-refractivity contribution in [2.45, 2.75) is 52.4 Å². The third kappa shape index (κ3) is 6.50. The van der Waals surface area contributed by atoms with Crippen molar-refractivity contribution in [3.8, 4) is 5.75 Å². The average molecular weight is 469 g/mol. The molecule has 0 unspecified atom stereocenters. The summed E-state index contributed by atoms with van der Waals surface area (Å²) in [5, 5.41) is 0.524. The van der Waals surface area contributed by atoms with Crippen LogP contribution in [0.3, 0.4) is 0 Å². The van der Waals surface area contributed by atoms with Gasteiger partial charge in [-0.15, -0.1) is 0 Å². The van der Waals surface area contributed by atoms with Gasteiger partial charge in [0.1, 0.15) is 17.1 Å². The van der Waals surface area contributed by atoms with Gasteiger partial charge in [-0.2, -0.15) is 0 Å². The lowest BCUT2D eigenvalue weighted by Crippen LogP contribution is -2.11. The maximum Gasteiger partial charge on any atom is 0.298 e. The maximum atomic E-state index is 13.3. The van der Waals surface area contributed by atoms with Crippen LogP contribution in [0.2, 0.25) is 0 Å². The van der Waals surface area contributed by atoms with Crippen LogP contribution >= 0.6 is 0 Å². The smallest absolute Gasteiger partial charge is 0.298 e. The monoisotopic (exact) mass is 468 g/mol. The van der Waals surface area contributed by atoms with Crippen molar-refractivity contribution < 1.29 is 23.5 Å². The van der Waals surface area contributed by atoms with Crippen molar-refractivity contribution >= 4 is 46.2 Å². The Morgan fingerprint density at radius 2 is 1.65 bits per heavy atom. The minimum Gasteiger partial charge on any atom is -0.460 e. The molecule has 0 saturated carbocycles. The van der Waals surface area contributed by atoms with Gasteiger partial charge in [0.2, 0.25) is 5.91 Å². The molecule has 1 aromatic heterocycles. The van der Waals surface area contributed by atoms with Gasteiger partial charge in [0.05, 0.1) is 22.6 Å². The topological polar surface area (TPSA) is 178 Å². The molecule has 2 aromatic carbocycles. The molecule has 0 radical (unpaired) electrons. The molecule has 9 heteroatoms. The molecule has 0 saturated heterocycles. The SMILES string of the molecule is CCCCC.NC(=O)CCCc1oc2cc(OC=O)ccc2c1C(=O)c1cc(N)c(N)c(N)c1. The fourth-order valence-corrected chi connectivity index (χ4v) is 3.43. The third-order valence-electron chi connectivity index (χ3n) is 5.19. The maximum absolute atomic E-state index is 13.3. The van der Waals surface area contributed by atoms with Gasteiger partial charge in [-0.3, -0.25) is 14.4 Å². The Balaban J connectivity index is 0.000000739. The molecule has 8 N–H and O–H groups in total. The first-order chi connectivity index (χ1) is 16.2. The van der Waals surface area contributed by atoms with E-state index in [0.717, 1.165) is 0 Å². The number of ether oxygens (including phenoxy) is 1. The predicted octanol–water partition coefficient (Wildman–Crippen LogP) is 3.95. The number of carbonyl (C=O) groups excluding carboxylic acids is 3. The zero-order chi connectivity index (χ0) is 25.3.